The van der Waals surface area contributed by atoms with Crippen LogP contribution in [0.5, 0.6) is 5.75 Å². The van der Waals surface area contributed by atoms with E-state index in [-0.39, 0.29) is 5.91 Å². The minimum Gasteiger partial charge on any atom is -0.486 e. The number of nitrogens with one attached hydrogen (secondary N) is 1. The monoisotopic (exact) mass is 381 g/mol. The summed E-state index contributed by atoms with van der Waals surface area (Å²) in [4.78, 5) is 18.7. The highest BCUT2D eigenvalue weighted by Crippen LogP contribution is 2.18. The zero-order valence-corrected chi connectivity index (χ0v) is 15.3. The quantitative estimate of drug-likeness (QED) is 0.798. The van der Waals surface area contributed by atoms with Gasteiger partial charge in [0, 0.05) is 36.6 Å². The van der Waals surface area contributed by atoms with Crippen molar-refractivity contribution in [2.45, 2.75) is 6.61 Å². The van der Waals surface area contributed by atoms with Crippen LogP contribution in [0.15, 0.2) is 29.6 Å². The molecule has 0 saturated carbocycles. The van der Waals surface area contributed by atoms with Gasteiger partial charge >= 0.3 is 0 Å². The zero-order chi connectivity index (χ0) is 17.5. The third kappa shape index (κ3) is 5.67. The van der Waals surface area contributed by atoms with Gasteiger partial charge in [0.05, 0.1) is 13.2 Å². The average molecular weight is 382 g/mol. The van der Waals surface area contributed by atoms with Gasteiger partial charge in [0.2, 0.25) is 0 Å². The first kappa shape index (κ1) is 18.1. The van der Waals surface area contributed by atoms with E-state index in [1.54, 1.807) is 29.6 Å². The van der Waals surface area contributed by atoms with Gasteiger partial charge < -0.3 is 14.8 Å². The molecule has 1 N–H and O–H groups in total. The molecule has 0 radical (unpaired) electrons. The number of nitrogens with zero attached hydrogens (tertiary/aromatic N) is 2. The van der Waals surface area contributed by atoms with Crippen molar-refractivity contribution in [2.75, 3.05) is 39.4 Å². The van der Waals surface area contributed by atoms with Crippen LogP contribution in [0.1, 0.15) is 15.5 Å². The summed E-state index contributed by atoms with van der Waals surface area (Å²) in [7, 11) is 0. The fourth-order valence-corrected chi connectivity index (χ4v) is 3.21. The van der Waals surface area contributed by atoms with Gasteiger partial charge in [-0.15, -0.1) is 11.3 Å². The van der Waals surface area contributed by atoms with Crippen molar-refractivity contribution in [3.63, 3.8) is 0 Å². The van der Waals surface area contributed by atoms with E-state index in [1.165, 1.54) is 11.3 Å². The van der Waals surface area contributed by atoms with Gasteiger partial charge in [0.1, 0.15) is 23.1 Å². The maximum absolute atomic E-state index is 12.1. The molecule has 2 heterocycles. The maximum atomic E-state index is 12.1. The number of hydrogen-bond donors (Lipinski definition) is 1. The summed E-state index contributed by atoms with van der Waals surface area (Å²) in [5.41, 5.74) is 0.432. The molecule has 0 spiro atoms. The molecule has 3 rings (SSSR count). The summed E-state index contributed by atoms with van der Waals surface area (Å²) in [5, 5.41) is 6.08. The Kier molecular flexibility index (Phi) is 6.63. The summed E-state index contributed by atoms with van der Waals surface area (Å²) in [5.74, 6) is 0.568. The SMILES string of the molecule is O=C(NCCN1CCOCC1)c1csc(COc2ccc(Cl)cc2)n1. The molecule has 1 aliphatic heterocycles. The minimum absolute atomic E-state index is 0.151. The molecule has 1 fully saturated rings. The minimum atomic E-state index is -0.151. The number of rotatable bonds is 7. The van der Waals surface area contributed by atoms with E-state index >= 15 is 0 Å². The normalized spacial score (nSPS) is 15.1. The Balaban J connectivity index is 1.42. The Morgan fingerprint density at radius 1 is 1.32 bits per heavy atom. The van der Waals surface area contributed by atoms with Crippen LogP contribution in [-0.2, 0) is 11.3 Å². The summed E-state index contributed by atoms with van der Waals surface area (Å²) in [6.07, 6.45) is 0. The Bertz CT molecular complexity index is 687. The van der Waals surface area contributed by atoms with Crippen LogP contribution in [0.2, 0.25) is 5.02 Å². The number of carbonyl (C=O) groups excluding carboxylic acids is 1. The molecule has 8 heteroatoms. The molecule has 25 heavy (non-hydrogen) atoms. The second-order valence-electron chi connectivity index (χ2n) is 5.58. The molecule has 1 amide bonds. The van der Waals surface area contributed by atoms with Crippen LogP contribution in [0.25, 0.3) is 0 Å². The Morgan fingerprint density at radius 2 is 2.08 bits per heavy atom. The number of ether oxygens (including phenoxy) is 2. The van der Waals surface area contributed by atoms with E-state index in [1.807, 2.05) is 0 Å². The molecule has 134 valence electrons. The van der Waals surface area contributed by atoms with E-state index < -0.39 is 0 Å². The van der Waals surface area contributed by atoms with E-state index in [0.717, 1.165) is 43.6 Å². The highest BCUT2D eigenvalue weighted by molar-refractivity contribution is 7.09. The molecule has 0 aliphatic carbocycles. The molecule has 1 saturated heterocycles. The van der Waals surface area contributed by atoms with Crippen molar-refractivity contribution >= 4 is 28.8 Å². The lowest BCUT2D eigenvalue weighted by Gasteiger charge is -2.26. The molecule has 1 aliphatic rings. The third-order valence-corrected chi connectivity index (χ3v) is 4.85. The van der Waals surface area contributed by atoms with Crippen molar-refractivity contribution in [1.82, 2.24) is 15.2 Å². The van der Waals surface area contributed by atoms with Gasteiger partial charge in [-0.05, 0) is 24.3 Å². The summed E-state index contributed by atoms with van der Waals surface area (Å²) < 4.78 is 10.9. The van der Waals surface area contributed by atoms with Crippen molar-refractivity contribution in [3.05, 3.63) is 45.4 Å². The molecule has 6 nitrogen and oxygen atoms in total. The first-order valence-corrected chi connectivity index (χ1v) is 9.37. The lowest BCUT2D eigenvalue weighted by Crippen LogP contribution is -2.41. The number of thiazole rings is 1. The van der Waals surface area contributed by atoms with Gasteiger partial charge in [0.15, 0.2) is 0 Å². The Hall–Kier alpha value is -1.67. The van der Waals surface area contributed by atoms with Crippen molar-refractivity contribution < 1.29 is 14.3 Å². The highest BCUT2D eigenvalue weighted by atomic mass is 35.5. The fourth-order valence-electron chi connectivity index (χ4n) is 2.40. The number of halogens is 1. The van der Waals surface area contributed by atoms with E-state index in [4.69, 9.17) is 21.1 Å². The second-order valence-corrected chi connectivity index (χ2v) is 6.96. The highest BCUT2D eigenvalue weighted by Gasteiger charge is 2.13. The van der Waals surface area contributed by atoms with Gasteiger partial charge in [0.25, 0.3) is 5.91 Å². The number of hydrogen-bond acceptors (Lipinski definition) is 6. The molecule has 2 aromatic rings. The summed E-state index contributed by atoms with van der Waals surface area (Å²) in [6, 6.07) is 7.14. The van der Waals surface area contributed by atoms with Crippen LogP contribution < -0.4 is 10.1 Å². The average Bonchev–Trinajstić information content (AvgIpc) is 3.11. The van der Waals surface area contributed by atoms with E-state index in [2.05, 4.69) is 15.2 Å². The lowest BCUT2D eigenvalue weighted by atomic mass is 10.3. The van der Waals surface area contributed by atoms with Crippen molar-refractivity contribution in [2.24, 2.45) is 0 Å². The Labute approximate surface area is 155 Å². The molecular weight excluding hydrogens is 362 g/mol. The number of carbonyl (C=O) groups is 1. The summed E-state index contributed by atoms with van der Waals surface area (Å²) in [6.45, 7) is 5.11. The van der Waals surface area contributed by atoms with Gasteiger partial charge in [-0.3, -0.25) is 9.69 Å². The van der Waals surface area contributed by atoms with E-state index in [0.29, 0.717) is 23.9 Å². The standard InChI is InChI=1S/C17H20ClN3O3S/c18-13-1-3-14(4-2-13)24-11-16-20-15(12-25-16)17(22)19-5-6-21-7-9-23-10-8-21/h1-4,12H,5-11H2,(H,19,22). The van der Waals surface area contributed by atoms with Crippen LogP contribution >= 0.6 is 22.9 Å². The molecular formula is C17H20ClN3O3S. The molecule has 0 unspecified atom stereocenters. The van der Waals surface area contributed by atoms with Gasteiger partial charge in [-0.25, -0.2) is 4.98 Å². The van der Waals surface area contributed by atoms with Crippen molar-refractivity contribution in [3.8, 4) is 5.75 Å². The van der Waals surface area contributed by atoms with Crippen LogP contribution in [0.3, 0.4) is 0 Å². The van der Waals surface area contributed by atoms with Crippen LogP contribution in [-0.4, -0.2) is 55.2 Å². The number of amides is 1. The van der Waals surface area contributed by atoms with Gasteiger partial charge in [-0.1, -0.05) is 11.6 Å². The van der Waals surface area contributed by atoms with Crippen molar-refractivity contribution in [1.29, 1.82) is 0 Å². The van der Waals surface area contributed by atoms with Crippen LogP contribution in [0, 0.1) is 0 Å². The summed E-state index contributed by atoms with van der Waals surface area (Å²) >= 11 is 7.25. The number of benzene rings is 1. The lowest BCUT2D eigenvalue weighted by molar-refractivity contribution is 0.0383. The third-order valence-electron chi connectivity index (χ3n) is 3.78. The number of aromatic nitrogens is 1. The molecule has 0 atom stereocenters. The molecule has 1 aromatic carbocycles. The first-order chi connectivity index (χ1) is 12.2. The van der Waals surface area contributed by atoms with Gasteiger partial charge in [-0.2, -0.15) is 0 Å². The smallest absolute Gasteiger partial charge is 0.270 e. The molecule has 0 bridgehead atoms. The Morgan fingerprint density at radius 3 is 2.84 bits per heavy atom. The predicted molar refractivity (Wildman–Crippen MR) is 97.5 cm³/mol. The van der Waals surface area contributed by atoms with E-state index in [9.17, 15) is 4.79 Å². The second kappa shape index (κ2) is 9.15. The maximum Gasteiger partial charge on any atom is 0.270 e. The largest absolute Gasteiger partial charge is 0.486 e. The molecule has 1 aromatic heterocycles. The zero-order valence-electron chi connectivity index (χ0n) is 13.7. The number of morpholine rings is 1. The van der Waals surface area contributed by atoms with Crippen LogP contribution in [0.4, 0.5) is 0 Å². The topological polar surface area (TPSA) is 63.7 Å². The predicted octanol–water partition coefficient (Wildman–Crippen LogP) is 2.44. The first-order valence-electron chi connectivity index (χ1n) is 8.12. The fraction of sp³-hybridized carbons (Fsp3) is 0.412.